The van der Waals surface area contributed by atoms with Crippen LogP contribution in [0.5, 0.6) is 0 Å². The first-order valence-corrected chi connectivity index (χ1v) is 9.46. The maximum Gasteiger partial charge on any atom is 0.221 e. The van der Waals surface area contributed by atoms with E-state index in [1.54, 1.807) is 29.3 Å². The lowest BCUT2D eigenvalue weighted by atomic mass is 10.2. The van der Waals surface area contributed by atoms with Gasteiger partial charge in [0.25, 0.3) is 0 Å². The third kappa shape index (κ3) is 5.84. The zero-order valence-electron chi connectivity index (χ0n) is 13.7. The average Bonchev–Trinajstić information content (AvgIpc) is 2.95. The van der Waals surface area contributed by atoms with E-state index in [0.29, 0.717) is 13.0 Å². The number of aryl methyl sites for hydroxylation is 1. The Kier molecular flexibility index (Phi) is 6.85. The Hall–Kier alpha value is -1.60. The maximum atomic E-state index is 11.9. The van der Waals surface area contributed by atoms with Gasteiger partial charge in [0, 0.05) is 55.7 Å². The number of rotatable bonds is 8. The van der Waals surface area contributed by atoms with Gasteiger partial charge in [-0.05, 0) is 13.0 Å². The van der Waals surface area contributed by atoms with E-state index < -0.39 is 0 Å². The van der Waals surface area contributed by atoms with Crippen molar-refractivity contribution in [1.29, 1.82) is 0 Å². The van der Waals surface area contributed by atoms with Gasteiger partial charge in [0.05, 0.1) is 10.7 Å². The van der Waals surface area contributed by atoms with Crippen molar-refractivity contribution in [3.63, 3.8) is 0 Å². The molecule has 2 rings (SSSR count). The van der Waals surface area contributed by atoms with Gasteiger partial charge in [0.15, 0.2) is 0 Å². The summed E-state index contributed by atoms with van der Waals surface area (Å²) >= 11 is 3.40. The van der Waals surface area contributed by atoms with E-state index in [2.05, 4.69) is 20.7 Å². The van der Waals surface area contributed by atoms with E-state index in [1.165, 1.54) is 0 Å². The van der Waals surface area contributed by atoms with Crippen molar-refractivity contribution in [3.8, 4) is 0 Å². The number of anilines is 1. The molecule has 0 aliphatic rings. The predicted octanol–water partition coefficient (Wildman–Crippen LogP) is 2.85. The van der Waals surface area contributed by atoms with Gasteiger partial charge in [-0.25, -0.2) is 9.97 Å². The number of nitrogens with zero attached hydrogens (tertiary/aromatic N) is 3. The van der Waals surface area contributed by atoms with Crippen molar-refractivity contribution in [2.45, 2.75) is 25.6 Å². The number of aromatic nitrogens is 2. The van der Waals surface area contributed by atoms with Crippen LogP contribution in [0, 0.1) is 6.92 Å². The molecule has 0 saturated carbocycles. The molecule has 23 heavy (non-hydrogen) atoms. The van der Waals surface area contributed by atoms with Crippen LogP contribution in [-0.2, 0) is 17.1 Å². The highest BCUT2D eigenvalue weighted by Crippen LogP contribution is 2.16. The van der Waals surface area contributed by atoms with E-state index in [4.69, 9.17) is 0 Å². The molecule has 2 heterocycles. The van der Waals surface area contributed by atoms with Crippen LogP contribution >= 0.6 is 23.1 Å². The molecule has 0 saturated heterocycles. The molecule has 5 nitrogen and oxygen atoms in total. The number of hydrogen-bond donors (Lipinski definition) is 1. The van der Waals surface area contributed by atoms with Gasteiger partial charge in [0.2, 0.25) is 5.91 Å². The minimum atomic E-state index is 0.0699. The molecule has 1 N–H and O–H groups in total. The number of amides is 1. The quantitative estimate of drug-likeness (QED) is 0.742. The standard InChI is InChI=1S/C16H22N4OS2/c1-12-19-14(11-23-12)10-22-8-6-15(21)18-9-13-5-4-7-17-16(13)20(2)3/h4-5,7,11H,6,8-10H2,1-3H3,(H,18,21). The summed E-state index contributed by atoms with van der Waals surface area (Å²) in [7, 11) is 3.90. The summed E-state index contributed by atoms with van der Waals surface area (Å²) in [6.45, 7) is 2.52. The lowest BCUT2D eigenvalue weighted by Gasteiger charge is -2.16. The fourth-order valence-electron chi connectivity index (χ4n) is 2.07. The Morgan fingerprint density at radius 2 is 2.26 bits per heavy atom. The number of thiazole rings is 1. The van der Waals surface area contributed by atoms with Gasteiger partial charge in [-0.15, -0.1) is 11.3 Å². The van der Waals surface area contributed by atoms with Crippen LogP contribution in [0.4, 0.5) is 5.82 Å². The van der Waals surface area contributed by atoms with Gasteiger partial charge < -0.3 is 10.2 Å². The number of hydrogen-bond acceptors (Lipinski definition) is 6. The molecule has 124 valence electrons. The first-order chi connectivity index (χ1) is 11.1. The van der Waals surface area contributed by atoms with Gasteiger partial charge in [-0.1, -0.05) is 6.07 Å². The molecular weight excluding hydrogens is 328 g/mol. The Balaban J connectivity index is 1.69. The van der Waals surface area contributed by atoms with Crippen LogP contribution in [0.25, 0.3) is 0 Å². The Labute approximate surface area is 145 Å². The van der Waals surface area contributed by atoms with Gasteiger partial charge >= 0.3 is 0 Å². The molecule has 0 aromatic carbocycles. The van der Waals surface area contributed by atoms with Crippen LogP contribution in [0.2, 0.25) is 0 Å². The first-order valence-electron chi connectivity index (χ1n) is 7.43. The van der Waals surface area contributed by atoms with E-state index in [1.807, 2.05) is 38.1 Å². The first kappa shape index (κ1) is 17.7. The Morgan fingerprint density at radius 1 is 1.43 bits per heavy atom. The molecule has 7 heteroatoms. The van der Waals surface area contributed by atoms with Crippen LogP contribution in [0.3, 0.4) is 0 Å². The van der Waals surface area contributed by atoms with Crippen molar-refractivity contribution in [1.82, 2.24) is 15.3 Å². The number of pyridine rings is 1. The molecular formula is C16H22N4OS2. The molecule has 2 aromatic rings. The average molecular weight is 351 g/mol. The predicted molar refractivity (Wildman–Crippen MR) is 98.0 cm³/mol. The van der Waals surface area contributed by atoms with Gasteiger partial charge in [-0.3, -0.25) is 4.79 Å². The SMILES string of the molecule is Cc1nc(CSCCC(=O)NCc2cccnc2N(C)C)cs1. The second-order valence-corrected chi connectivity index (χ2v) is 7.49. The summed E-state index contributed by atoms with van der Waals surface area (Å²) in [4.78, 5) is 22.6. The normalized spacial score (nSPS) is 10.6. The third-order valence-corrected chi connectivity index (χ3v) is 4.97. The topological polar surface area (TPSA) is 58.1 Å². The minimum Gasteiger partial charge on any atom is -0.362 e. The summed E-state index contributed by atoms with van der Waals surface area (Å²) in [5, 5.41) is 6.13. The molecule has 0 fully saturated rings. The summed E-state index contributed by atoms with van der Waals surface area (Å²) in [6, 6.07) is 3.88. The second-order valence-electron chi connectivity index (χ2n) is 5.32. The van der Waals surface area contributed by atoms with E-state index in [0.717, 1.165) is 33.6 Å². The van der Waals surface area contributed by atoms with E-state index in [-0.39, 0.29) is 5.91 Å². The number of carbonyl (C=O) groups is 1. The van der Waals surface area contributed by atoms with Gasteiger partial charge in [-0.2, -0.15) is 11.8 Å². The highest BCUT2D eigenvalue weighted by atomic mass is 32.2. The zero-order valence-corrected chi connectivity index (χ0v) is 15.3. The van der Waals surface area contributed by atoms with Crippen molar-refractivity contribution in [3.05, 3.63) is 40.0 Å². The van der Waals surface area contributed by atoms with Crippen LogP contribution in [-0.4, -0.2) is 35.7 Å². The smallest absolute Gasteiger partial charge is 0.221 e. The minimum absolute atomic E-state index is 0.0699. The molecule has 0 unspecified atom stereocenters. The highest BCUT2D eigenvalue weighted by molar-refractivity contribution is 7.98. The van der Waals surface area contributed by atoms with Crippen molar-refractivity contribution < 1.29 is 4.79 Å². The monoisotopic (exact) mass is 350 g/mol. The third-order valence-electron chi connectivity index (χ3n) is 3.16. The maximum absolute atomic E-state index is 11.9. The van der Waals surface area contributed by atoms with Crippen LogP contribution in [0.15, 0.2) is 23.7 Å². The molecule has 0 radical (unpaired) electrons. The number of thioether (sulfide) groups is 1. The van der Waals surface area contributed by atoms with Gasteiger partial charge in [0.1, 0.15) is 5.82 Å². The fourth-order valence-corrected chi connectivity index (χ4v) is 3.62. The van der Waals surface area contributed by atoms with Crippen LogP contribution in [0.1, 0.15) is 22.7 Å². The molecule has 0 bridgehead atoms. The Bertz CT molecular complexity index is 643. The zero-order chi connectivity index (χ0) is 16.7. The van der Waals surface area contributed by atoms with Crippen LogP contribution < -0.4 is 10.2 Å². The summed E-state index contributed by atoms with van der Waals surface area (Å²) in [5.41, 5.74) is 2.13. The fraction of sp³-hybridized carbons (Fsp3) is 0.438. The number of nitrogens with one attached hydrogen (secondary N) is 1. The number of carbonyl (C=O) groups excluding carboxylic acids is 1. The van der Waals surface area contributed by atoms with Crippen molar-refractivity contribution in [2.75, 3.05) is 24.7 Å². The summed E-state index contributed by atoms with van der Waals surface area (Å²) in [6.07, 6.45) is 2.28. The molecule has 1 amide bonds. The highest BCUT2D eigenvalue weighted by Gasteiger charge is 2.07. The lowest BCUT2D eigenvalue weighted by Crippen LogP contribution is -2.24. The van der Waals surface area contributed by atoms with E-state index in [9.17, 15) is 4.79 Å². The summed E-state index contributed by atoms with van der Waals surface area (Å²) in [5.74, 6) is 2.63. The lowest BCUT2D eigenvalue weighted by molar-refractivity contribution is -0.120. The molecule has 0 aliphatic carbocycles. The molecule has 2 aromatic heterocycles. The largest absolute Gasteiger partial charge is 0.362 e. The molecule has 0 spiro atoms. The molecule has 0 atom stereocenters. The van der Waals surface area contributed by atoms with E-state index >= 15 is 0 Å². The van der Waals surface area contributed by atoms with Crippen molar-refractivity contribution >= 4 is 34.8 Å². The Morgan fingerprint density at radius 3 is 2.96 bits per heavy atom. The second kappa shape index (κ2) is 8.88. The molecule has 0 aliphatic heterocycles. The summed E-state index contributed by atoms with van der Waals surface area (Å²) < 4.78 is 0. The van der Waals surface area contributed by atoms with Crippen molar-refractivity contribution in [2.24, 2.45) is 0 Å².